The topological polar surface area (TPSA) is 100 Å². The van der Waals surface area contributed by atoms with Crippen LogP contribution in [0.25, 0.3) is 0 Å². The van der Waals surface area contributed by atoms with Crippen LogP contribution in [0.3, 0.4) is 0 Å². The molecule has 7 nitrogen and oxygen atoms in total. The maximum absolute atomic E-state index is 10.7. The Balaban J connectivity index is 2.69. The van der Waals surface area contributed by atoms with Crippen molar-refractivity contribution in [2.45, 2.75) is 0 Å². The van der Waals surface area contributed by atoms with Crippen molar-refractivity contribution >= 4 is 18.3 Å². The molecule has 0 atom stereocenters. The summed E-state index contributed by atoms with van der Waals surface area (Å²) in [4.78, 5) is 21.0. The second-order valence-corrected chi connectivity index (χ2v) is 3.06. The number of nitrogens with one attached hydrogen (secondary N) is 1. The molecule has 0 aliphatic heterocycles. The number of methoxy groups -OCH3 is 1. The first-order valence-corrected chi connectivity index (χ1v) is 4.92. The molecule has 1 aromatic carbocycles. The van der Waals surface area contributed by atoms with Gasteiger partial charge in [0, 0.05) is 5.56 Å². The van der Waals surface area contributed by atoms with E-state index in [1.54, 1.807) is 24.3 Å². The number of amides is 1. The molecular formula is C11H11N2O5-. The molecule has 1 aromatic rings. The van der Waals surface area contributed by atoms with E-state index in [4.69, 9.17) is 4.74 Å². The van der Waals surface area contributed by atoms with E-state index < -0.39 is 18.7 Å². The van der Waals surface area contributed by atoms with Gasteiger partial charge in [0.25, 0.3) is 0 Å². The molecule has 0 bridgehead atoms. The highest BCUT2D eigenvalue weighted by atomic mass is 16.5. The monoisotopic (exact) mass is 251 g/mol. The minimum absolute atomic E-state index is 0.317. The molecule has 1 rings (SSSR count). The minimum atomic E-state index is -1.32. The Morgan fingerprint density at radius 1 is 1.44 bits per heavy atom. The Morgan fingerprint density at radius 2 is 2.17 bits per heavy atom. The standard InChI is InChI=1S/C11H12N2O5/c1-17-11(16)13-12-6-8-4-2-3-5-9(8)18-7-10(14)15/h2-6H,7H2,1H3,(H,13,16)(H,14,15)/p-1. The van der Waals surface area contributed by atoms with Crippen LogP contribution >= 0.6 is 0 Å². The third-order valence-electron chi connectivity index (χ3n) is 1.81. The first-order chi connectivity index (χ1) is 8.63. The van der Waals surface area contributed by atoms with Gasteiger partial charge in [-0.25, -0.2) is 10.2 Å². The molecule has 0 aliphatic carbocycles. The molecule has 18 heavy (non-hydrogen) atoms. The van der Waals surface area contributed by atoms with Crippen LogP contribution in [0.1, 0.15) is 5.56 Å². The summed E-state index contributed by atoms with van der Waals surface area (Å²) in [7, 11) is 1.21. The zero-order chi connectivity index (χ0) is 13.4. The Labute approximate surface area is 103 Å². The molecule has 0 unspecified atom stereocenters. The maximum atomic E-state index is 10.7. The van der Waals surface area contributed by atoms with Gasteiger partial charge in [0.1, 0.15) is 12.4 Å². The highest BCUT2D eigenvalue weighted by Crippen LogP contribution is 2.15. The number of hydrogen-bond donors (Lipinski definition) is 1. The number of carbonyl (C=O) groups is 2. The van der Waals surface area contributed by atoms with Crippen molar-refractivity contribution in [3.05, 3.63) is 29.8 Å². The molecule has 0 heterocycles. The predicted molar refractivity (Wildman–Crippen MR) is 60.1 cm³/mol. The van der Waals surface area contributed by atoms with Crippen LogP contribution in [0.4, 0.5) is 4.79 Å². The van der Waals surface area contributed by atoms with Gasteiger partial charge in [0.05, 0.1) is 19.3 Å². The van der Waals surface area contributed by atoms with Gasteiger partial charge in [0.2, 0.25) is 0 Å². The maximum Gasteiger partial charge on any atom is 0.427 e. The lowest BCUT2D eigenvalue weighted by atomic mass is 10.2. The number of aliphatic carboxylic acids is 1. The number of para-hydroxylation sites is 1. The van der Waals surface area contributed by atoms with Crippen molar-refractivity contribution in [2.75, 3.05) is 13.7 Å². The largest absolute Gasteiger partial charge is 0.546 e. The molecule has 0 saturated carbocycles. The zero-order valence-electron chi connectivity index (χ0n) is 9.58. The van der Waals surface area contributed by atoms with E-state index in [0.29, 0.717) is 11.3 Å². The molecule has 1 N–H and O–H groups in total. The SMILES string of the molecule is COC(=O)NN=Cc1ccccc1OCC(=O)[O-]. The Kier molecular flexibility index (Phi) is 5.17. The fourth-order valence-electron chi connectivity index (χ4n) is 1.06. The predicted octanol–water partition coefficient (Wildman–Crippen LogP) is -0.495. The van der Waals surface area contributed by atoms with Gasteiger partial charge in [-0.3, -0.25) is 0 Å². The van der Waals surface area contributed by atoms with Crippen LogP contribution in [0, 0.1) is 0 Å². The van der Waals surface area contributed by atoms with Gasteiger partial charge in [-0.15, -0.1) is 0 Å². The van der Waals surface area contributed by atoms with Crippen LogP contribution in [-0.2, 0) is 9.53 Å². The minimum Gasteiger partial charge on any atom is -0.546 e. The van der Waals surface area contributed by atoms with Gasteiger partial charge >= 0.3 is 6.09 Å². The van der Waals surface area contributed by atoms with E-state index in [1.165, 1.54) is 13.3 Å². The average molecular weight is 251 g/mol. The fourth-order valence-corrected chi connectivity index (χ4v) is 1.06. The number of carboxylic acids is 1. The summed E-state index contributed by atoms with van der Waals surface area (Å²) in [6.07, 6.45) is 0.598. The van der Waals surface area contributed by atoms with Gasteiger partial charge in [-0.1, -0.05) is 12.1 Å². The molecule has 0 radical (unpaired) electrons. The summed E-state index contributed by atoms with van der Waals surface area (Å²) in [6.45, 7) is -0.560. The summed E-state index contributed by atoms with van der Waals surface area (Å²) in [5.74, 6) is -1.01. The molecule has 1 amide bonds. The number of carbonyl (C=O) groups excluding carboxylic acids is 2. The quantitative estimate of drug-likeness (QED) is 0.562. The van der Waals surface area contributed by atoms with Gasteiger partial charge in [-0.05, 0) is 12.1 Å². The fraction of sp³-hybridized carbons (Fsp3) is 0.182. The average Bonchev–Trinajstić information content (AvgIpc) is 2.37. The van der Waals surface area contributed by atoms with Crippen molar-refractivity contribution in [3.63, 3.8) is 0 Å². The highest BCUT2D eigenvalue weighted by molar-refractivity contribution is 5.84. The molecule has 0 saturated heterocycles. The molecule has 0 fully saturated rings. The van der Waals surface area contributed by atoms with E-state index >= 15 is 0 Å². The summed E-state index contributed by atoms with van der Waals surface area (Å²) in [6, 6.07) is 6.61. The van der Waals surface area contributed by atoms with Crippen molar-refractivity contribution in [1.29, 1.82) is 0 Å². The van der Waals surface area contributed by atoms with Crippen LogP contribution in [-0.4, -0.2) is 32.0 Å². The van der Waals surface area contributed by atoms with E-state index in [-0.39, 0.29) is 0 Å². The lowest BCUT2D eigenvalue weighted by molar-refractivity contribution is -0.307. The number of hydrogen-bond acceptors (Lipinski definition) is 6. The summed E-state index contributed by atoms with van der Waals surface area (Å²) < 4.78 is 9.30. The summed E-state index contributed by atoms with van der Waals surface area (Å²) >= 11 is 0. The molecule has 0 spiro atoms. The number of nitrogens with zero attached hydrogens (tertiary/aromatic N) is 1. The van der Waals surface area contributed by atoms with Crippen molar-refractivity contribution in [2.24, 2.45) is 5.10 Å². The number of rotatable bonds is 5. The summed E-state index contributed by atoms with van der Waals surface area (Å²) in [5, 5.41) is 13.9. The Hall–Kier alpha value is -2.57. The van der Waals surface area contributed by atoms with Gasteiger partial charge in [-0.2, -0.15) is 5.10 Å². The number of carboxylic acid groups (broad SMARTS) is 1. The first kappa shape index (κ1) is 13.5. The second-order valence-electron chi connectivity index (χ2n) is 3.06. The Morgan fingerprint density at radius 3 is 2.83 bits per heavy atom. The van der Waals surface area contributed by atoms with E-state index in [0.717, 1.165) is 0 Å². The molecule has 0 aliphatic rings. The normalized spacial score (nSPS) is 10.1. The molecule has 0 aromatic heterocycles. The summed E-state index contributed by atoms with van der Waals surface area (Å²) in [5.41, 5.74) is 2.61. The van der Waals surface area contributed by atoms with Crippen molar-refractivity contribution in [1.82, 2.24) is 5.43 Å². The van der Waals surface area contributed by atoms with Crippen LogP contribution in [0.2, 0.25) is 0 Å². The lowest BCUT2D eigenvalue weighted by Crippen LogP contribution is -2.29. The third kappa shape index (κ3) is 4.52. The second kappa shape index (κ2) is 6.89. The number of hydrazone groups is 1. The van der Waals surface area contributed by atoms with Crippen LogP contribution in [0.15, 0.2) is 29.4 Å². The molecular weight excluding hydrogens is 240 g/mol. The van der Waals surface area contributed by atoms with Crippen LogP contribution in [0.5, 0.6) is 5.75 Å². The first-order valence-electron chi connectivity index (χ1n) is 4.92. The van der Waals surface area contributed by atoms with Gasteiger partial charge in [0.15, 0.2) is 0 Å². The third-order valence-corrected chi connectivity index (χ3v) is 1.81. The molecule has 7 heteroatoms. The Bertz CT molecular complexity index is 459. The van der Waals surface area contributed by atoms with E-state index in [9.17, 15) is 14.7 Å². The number of benzene rings is 1. The smallest absolute Gasteiger partial charge is 0.427 e. The lowest BCUT2D eigenvalue weighted by Gasteiger charge is -2.08. The zero-order valence-corrected chi connectivity index (χ0v) is 9.58. The van der Waals surface area contributed by atoms with Crippen LogP contribution < -0.4 is 15.3 Å². The highest BCUT2D eigenvalue weighted by Gasteiger charge is 2.01. The number of ether oxygens (including phenoxy) is 2. The van der Waals surface area contributed by atoms with Crippen molar-refractivity contribution < 1.29 is 24.2 Å². The van der Waals surface area contributed by atoms with Crippen molar-refractivity contribution in [3.8, 4) is 5.75 Å². The van der Waals surface area contributed by atoms with E-state index in [2.05, 4.69) is 15.3 Å². The van der Waals surface area contributed by atoms with E-state index in [1.807, 2.05) is 0 Å². The van der Waals surface area contributed by atoms with Gasteiger partial charge < -0.3 is 19.4 Å². The molecule has 96 valence electrons.